The predicted octanol–water partition coefficient (Wildman–Crippen LogP) is 5.60. The van der Waals surface area contributed by atoms with E-state index in [0.29, 0.717) is 24.5 Å². The van der Waals surface area contributed by atoms with Crippen LogP contribution in [0.25, 0.3) is 11.1 Å². The van der Waals surface area contributed by atoms with Gasteiger partial charge < -0.3 is 25.4 Å². The van der Waals surface area contributed by atoms with Crippen LogP contribution in [0.5, 0.6) is 0 Å². The Morgan fingerprint density at radius 3 is 2.47 bits per heavy atom. The molecule has 1 aromatic heterocycles. The Bertz CT molecular complexity index is 992. The SMILES string of the molecule is COC[C@H](C)NC1CCC(Nc2cc(-c3cc(NCC4(C)CCOCC4)ccc3F)c(F)cn2)CC1. The van der Waals surface area contributed by atoms with Crippen molar-refractivity contribution < 1.29 is 18.3 Å². The first-order valence-electron chi connectivity index (χ1n) is 13.1. The molecule has 6 nitrogen and oxygen atoms in total. The Morgan fingerprint density at radius 2 is 1.75 bits per heavy atom. The lowest BCUT2D eigenvalue weighted by atomic mass is 9.82. The third kappa shape index (κ3) is 7.14. The van der Waals surface area contributed by atoms with E-state index in [1.165, 1.54) is 12.3 Å². The van der Waals surface area contributed by atoms with Gasteiger partial charge in [-0.2, -0.15) is 0 Å². The van der Waals surface area contributed by atoms with Crippen LogP contribution in [0.15, 0.2) is 30.5 Å². The Labute approximate surface area is 213 Å². The van der Waals surface area contributed by atoms with Gasteiger partial charge in [-0.15, -0.1) is 0 Å². The van der Waals surface area contributed by atoms with Crippen molar-refractivity contribution in [3.63, 3.8) is 0 Å². The van der Waals surface area contributed by atoms with Crippen molar-refractivity contribution in [3.8, 4) is 11.1 Å². The summed E-state index contributed by atoms with van der Waals surface area (Å²) in [6, 6.07) is 7.48. The lowest BCUT2D eigenvalue weighted by Gasteiger charge is -2.34. The summed E-state index contributed by atoms with van der Waals surface area (Å²) in [4.78, 5) is 4.24. The van der Waals surface area contributed by atoms with E-state index in [1.807, 2.05) is 0 Å². The Balaban J connectivity index is 1.40. The number of ether oxygens (including phenoxy) is 2. The van der Waals surface area contributed by atoms with E-state index in [9.17, 15) is 8.78 Å². The van der Waals surface area contributed by atoms with E-state index in [0.717, 1.165) is 64.0 Å². The van der Waals surface area contributed by atoms with Crippen molar-refractivity contribution in [2.45, 2.75) is 70.5 Å². The topological polar surface area (TPSA) is 67.4 Å². The van der Waals surface area contributed by atoms with Crippen molar-refractivity contribution in [1.29, 1.82) is 0 Å². The number of benzene rings is 1. The lowest BCUT2D eigenvalue weighted by molar-refractivity contribution is 0.0300. The highest BCUT2D eigenvalue weighted by molar-refractivity contribution is 5.71. The van der Waals surface area contributed by atoms with Gasteiger partial charge in [0.25, 0.3) is 0 Å². The third-order valence-electron chi connectivity index (χ3n) is 7.55. The number of rotatable bonds is 10. The van der Waals surface area contributed by atoms with Crippen LogP contribution >= 0.6 is 0 Å². The van der Waals surface area contributed by atoms with E-state index in [4.69, 9.17) is 9.47 Å². The fourth-order valence-corrected chi connectivity index (χ4v) is 5.24. The second kappa shape index (κ2) is 12.3. The van der Waals surface area contributed by atoms with Gasteiger partial charge in [0.15, 0.2) is 0 Å². The van der Waals surface area contributed by atoms with Crippen LogP contribution in [0.2, 0.25) is 0 Å². The van der Waals surface area contributed by atoms with Crippen LogP contribution in [0.4, 0.5) is 20.3 Å². The van der Waals surface area contributed by atoms with E-state index in [-0.39, 0.29) is 22.6 Å². The maximum absolute atomic E-state index is 14.8. The number of pyridine rings is 1. The molecule has 0 radical (unpaired) electrons. The molecule has 2 fully saturated rings. The maximum Gasteiger partial charge on any atom is 0.149 e. The summed E-state index contributed by atoms with van der Waals surface area (Å²) < 4.78 is 40.3. The summed E-state index contributed by atoms with van der Waals surface area (Å²) in [6.07, 6.45) is 7.21. The zero-order valence-corrected chi connectivity index (χ0v) is 21.7. The number of aromatic nitrogens is 1. The van der Waals surface area contributed by atoms with Crippen molar-refractivity contribution >= 4 is 11.5 Å². The average Bonchev–Trinajstić information content (AvgIpc) is 2.87. The quantitative estimate of drug-likeness (QED) is 0.393. The van der Waals surface area contributed by atoms with E-state index in [1.54, 1.807) is 25.3 Å². The molecule has 198 valence electrons. The zero-order chi connectivity index (χ0) is 25.5. The number of nitrogens with zero attached hydrogens (tertiary/aromatic N) is 1. The van der Waals surface area contributed by atoms with E-state index >= 15 is 0 Å². The van der Waals surface area contributed by atoms with Gasteiger partial charge in [-0.1, -0.05) is 6.92 Å². The molecular formula is C28H40F2N4O2. The van der Waals surface area contributed by atoms with Crippen LogP contribution in [0.1, 0.15) is 52.4 Å². The van der Waals surface area contributed by atoms with Gasteiger partial charge in [-0.3, -0.25) is 0 Å². The molecule has 0 bridgehead atoms. The smallest absolute Gasteiger partial charge is 0.149 e. The molecule has 1 aliphatic heterocycles. The van der Waals surface area contributed by atoms with E-state index in [2.05, 4.69) is 34.8 Å². The molecule has 1 saturated heterocycles. The van der Waals surface area contributed by atoms with Crippen molar-refractivity contribution in [1.82, 2.24) is 10.3 Å². The predicted molar refractivity (Wildman–Crippen MR) is 140 cm³/mol. The van der Waals surface area contributed by atoms with Crippen LogP contribution in [0, 0.1) is 17.0 Å². The van der Waals surface area contributed by atoms with Gasteiger partial charge >= 0.3 is 0 Å². The average molecular weight is 503 g/mol. The Hall–Kier alpha value is -2.29. The minimum atomic E-state index is -0.534. The second-order valence-corrected chi connectivity index (χ2v) is 10.7. The van der Waals surface area contributed by atoms with Gasteiger partial charge in [0.1, 0.15) is 17.5 Å². The summed E-state index contributed by atoms with van der Waals surface area (Å²) in [6.45, 7) is 7.34. The standard InChI is InChI=1S/C28H40F2N4O2/c1-19(17-35-3)33-20-4-6-21(7-5-20)34-27-15-24(26(30)16-31-27)23-14-22(8-9-25(23)29)32-18-28(2)10-12-36-13-11-28/h8-9,14-16,19-21,32-33H,4-7,10-13,17-18H2,1-3H3,(H,31,34)/t19-,20?,21?/m0/s1. The van der Waals surface area contributed by atoms with Gasteiger partial charge in [-0.25, -0.2) is 13.8 Å². The highest BCUT2D eigenvalue weighted by Crippen LogP contribution is 2.33. The summed E-state index contributed by atoms with van der Waals surface area (Å²) in [5.41, 5.74) is 1.36. The first kappa shape index (κ1) is 26.8. The number of anilines is 2. The minimum Gasteiger partial charge on any atom is -0.384 e. The molecule has 2 heterocycles. The third-order valence-corrected chi connectivity index (χ3v) is 7.55. The molecule has 36 heavy (non-hydrogen) atoms. The van der Waals surface area contributed by atoms with Crippen LogP contribution < -0.4 is 16.0 Å². The molecule has 1 aliphatic carbocycles. The van der Waals surface area contributed by atoms with Gasteiger partial charge in [0.05, 0.1) is 12.8 Å². The van der Waals surface area contributed by atoms with Crippen LogP contribution in [-0.4, -0.2) is 56.6 Å². The largest absolute Gasteiger partial charge is 0.384 e. The molecule has 2 aromatic rings. The van der Waals surface area contributed by atoms with E-state index < -0.39 is 11.6 Å². The molecule has 0 spiro atoms. The molecule has 8 heteroatoms. The van der Waals surface area contributed by atoms with Crippen molar-refractivity contribution in [2.75, 3.05) is 44.1 Å². The minimum absolute atomic E-state index is 0.127. The molecule has 3 N–H and O–H groups in total. The normalized spacial score (nSPS) is 22.7. The van der Waals surface area contributed by atoms with Crippen LogP contribution in [-0.2, 0) is 9.47 Å². The number of halogens is 2. The second-order valence-electron chi connectivity index (χ2n) is 10.7. The Kier molecular flexibility index (Phi) is 9.14. The molecule has 1 aromatic carbocycles. The highest BCUT2D eigenvalue weighted by Gasteiger charge is 2.27. The van der Waals surface area contributed by atoms with Crippen molar-refractivity contribution in [2.24, 2.45) is 5.41 Å². The molecule has 2 aliphatic rings. The molecule has 1 atom stereocenters. The monoisotopic (exact) mass is 502 g/mol. The fourth-order valence-electron chi connectivity index (χ4n) is 5.24. The number of hydrogen-bond acceptors (Lipinski definition) is 6. The first-order valence-corrected chi connectivity index (χ1v) is 13.1. The molecule has 4 rings (SSSR count). The molecule has 0 unspecified atom stereocenters. The summed E-state index contributed by atoms with van der Waals surface area (Å²) in [5.74, 6) is -0.415. The molecule has 0 amide bonds. The summed E-state index contributed by atoms with van der Waals surface area (Å²) >= 11 is 0. The zero-order valence-electron chi connectivity index (χ0n) is 21.7. The van der Waals surface area contributed by atoms with Crippen LogP contribution in [0.3, 0.4) is 0 Å². The van der Waals surface area contributed by atoms with Gasteiger partial charge in [0.2, 0.25) is 0 Å². The van der Waals surface area contributed by atoms with Crippen molar-refractivity contribution in [3.05, 3.63) is 42.1 Å². The molecular weight excluding hydrogens is 462 g/mol. The number of hydrogen-bond donors (Lipinski definition) is 3. The van der Waals surface area contributed by atoms with Gasteiger partial charge in [-0.05, 0) is 75.1 Å². The fraction of sp³-hybridized carbons (Fsp3) is 0.607. The summed E-state index contributed by atoms with van der Waals surface area (Å²) in [7, 11) is 1.72. The first-order chi connectivity index (χ1) is 17.3. The highest BCUT2D eigenvalue weighted by atomic mass is 19.1. The molecule has 1 saturated carbocycles. The number of methoxy groups -OCH3 is 1. The van der Waals surface area contributed by atoms with Gasteiger partial charge in [0, 0.05) is 61.8 Å². The Morgan fingerprint density at radius 1 is 1.06 bits per heavy atom. The summed E-state index contributed by atoms with van der Waals surface area (Å²) in [5, 5.41) is 10.5. The lowest BCUT2D eigenvalue weighted by Crippen LogP contribution is -2.42. The number of nitrogens with one attached hydrogen (secondary N) is 3. The maximum atomic E-state index is 14.8.